The second kappa shape index (κ2) is 7.85. The standard InChI is InChI=1S/C16H15Cl2F3N4O/c17-12-4-3-9(6-13(12)18)24-15-23-8-11(16(19,20)21)14(25-15)22-7-10-2-1-5-26-10/h3-4,6,8,10H,1-2,5,7H2,(H2,22,23,24,25). The maximum Gasteiger partial charge on any atom is 0.421 e. The molecule has 1 atom stereocenters. The van der Waals surface area contributed by atoms with Crippen LogP contribution in [0.5, 0.6) is 0 Å². The molecule has 1 aliphatic heterocycles. The Hall–Kier alpha value is -1.77. The third-order valence-corrected chi connectivity index (χ3v) is 4.53. The summed E-state index contributed by atoms with van der Waals surface area (Å²) in [5, 5.41) is 6.21. The predicted molar refractivity (Wildman–Crippen MR) is 94.2 cm³/mol. The second-order valence-corrected chi connectivity index (χ2v) is 6.54. The highest BCUT2D eigenvalue weighted by Crippen LogP contribution is 2.34. The van der Waals surface area contributed by atoms with Crippen molar-refractivity contribution in [2.45, 2.75) is 25.1 Å². The van der Waals surface area contributed by atoms with Crippen molar-refractivity contribution in [2.75, 3.05) is 23.8 Å². The first-order valence-corrected chi connectivity index (χ1v) is 8.60. The fraction of sp³-hybridized carbons (Fsp3) is 0.375. The normalized spacial score (nSPS) is 17.3. The summed E-state index contributed by atoms with van der Waals surface area (Å²) in [5.74, 6) is -0.295. The van der Waals surface area contributed by atoms with Gasteiger partial charge < -0.3 is 15.4 Å². The van der Waals surface area contributed by atoms with Crippen molar-refractivity contribution in [1.29, 1.82) is 0 Å². The number of benzene rings is 1. The lowest BCUT2D eigenvalue weighted by Gasteiger charge is -2.17. The predicted octanol–water partition coefficient (Wildman–Crippen LogP) is 5.14. The lowest BCUT2D eigenvalue weighted by atomic mass is 10.2. The maximum absolute atomic E-state index is 13.2. The van der Waals surface area contributed by atoms with Crippen LogP contribution >= 0.6 is 23.2 Å². The van der Waals surface area contributed by atoms with Crippen LogP contribution in [-0.2, 0) is 10.9 Å². The largest absolute Gasteiger partial charge is 0.421 e. The van der Waals surface area contributed by atoms with Crippen molar-refractivity contribution in [1.82, 2.24) is 9.97 Å². The zero-order valence-corrected chi connectivity index (χ0v) is 14.9. The summed E-state index contributed by atoms with van der Waals surface area (Å²) in [5.41, 5.74) is -0.431. The van der Waals surface area contributed by atoms with Crippen LogP contribution in [0.3, 0.4) is 0 Å². The van der Waals surface area contributed by atoms with Gasteiger partial charge in [0.2, 0.25) is 5.95 Å². The minimum atomic E-state index is -4.57. The van der Waals surface area contributed by atoms with Gasteiger partial charge in [0, 0.05) is 25.0 Å². The number of halogens is 5. The van der Waals surface area contributed by atoms with E-state index in [4.69, 9.17) is 27.9 Å². The molecule has 1 saturated heterocycles. The van der Waals surface area contributed by atoms with Crippen molar-refractivity contribution in [3.8, 4) is 0 Å². The van der Waals surface area contributed by atoms with Gasteiger partial charge in [0.1, 0.15) is 11.4 Å². The van der Waals surface area contributed by atoms with Gasteiger partial charge in [-0.1, -0.05) is 23.2 Å². The number of hydrogen-bond acceptors (Lipinski definition) is 5. The van der Waals surface area contributed by atoms with E-state index in [0.717, 1.165) is 19.0 Å². The number of alkyl halides is 3. The van der Waals surface area contributed by atoms with Crippen molar-refractivity contribution in [2.24, 2.45) is 0 Å². The highest BCUT2D eigenvalue weighted by atomic mass is 35.5. The van der Waals surface area contributed by atoms with E-state index in [-0.39, 0.29) is 24.4 Å². The summed E-state index contributed by atoms with van der Waals surface area (Å²) < 4.78 is 45.0. The molecular weight excluding hydrogens is 392 g/mol. The number of ether oxygens (including phenoxy) is 1. The van der Waals surface area contributed by atoms with Crippen LogP contribution in [0.4, 0.5) is 30.6 Å². The average Bonchev–Trinajstić information content (AvgIpc) is 3.09. The summed E-state index contributed by atoms with van der Waals surface area (Å²) in [6.07, 6.45) is -2.26. The van der Waals surface area contributed by atoms with Gasteiger partial charge >= 0.3 is 6.18 Å². The highest BCUT2D eigenvalue weighted by Gasteiger charge is 2.35. The number of anilines is 3. The van der Waals surface area contributed by atoms with E-state index in [0.29, 0.717) is 22.3 Å². The van der Waals surface area contributed by atoms with E-state index < -0.39 is 11.7 Å². The highest BCUT2D eigenvalue weighted by molar-refractivity contribution is 6.42. The van der Waals surface area contributed by atoms with Gasteiger partial charge in [-0.15, -0.1) is 0 Å². The lowest BCUT2D eigenvalue weighted by molar-refractivity contribution is -0.137. The summed E-state index contributed by atoms with van der Waals surface area (Å²) in [6, 6.07) is 4.71. The minimum Gasteiger partial charge on any atom is -0.376 e. The third kappa shape index (κ3) is 4.69. The zero-order valence-electron chi connectivity index (χ0n) is 13.4. The van der Waals surface area contributed by atoms with E-state index >= 15 is 0 Å². The van der Waals surface area contributed by atoms with Crippen LogP contribution in [0.15, 0.2) is 24.4 Å². The molecule has 0 amide bonds. The fourth-order valence-electron chi connectivity index (χ4n) is 2.50. The first kappa shape index (κ1) is 19.0. The van der Waals surface area contributed by atoms with E-state index in [1.54, 1.807) is 12.1 Å². The SMILES string of the molecule is FC(F)(F)c1cnc(Nc2ccc(Cl)c(Cl)c2)nc1NCC1CCCO1. The summed E-state index contributed by atoms with van der Waals surface area (Å²) >= 11 is 11.8. The maximum atomic E-state index is 13.2. The Morgan fingerprint density at radius 3 is 2.69 bits per heavy atom. The lowest BCUT2D eigenvalue weighted by Crippen LogP contribution is -2.22. The quantitative estimate of drug-likeness (QED) is 0.719. The molecule has 10 heteroatoms. The zero-order chi connectivity index (χ0) is 18.7. The molecule has 0 radical (unpaired) electrons. The van der Waals surface area contributed by atoms with Crippen LogP contribution in [0.25, 0.3) is 0 Å². The second-order valence-electron chi connectivity index (χ2n) is 5.72. The topological polar surface area (TPSA) is 59.1 Å². The molecular formula is C16H15Cl2F3N4O. The van der Waals surface area contributed by atoms with Gasteiger partial charge in [-0.3, -0.25) is 0 Å². The van der Waals surface area contributed by atoms with Crippen molar-refractivity contribution >= 4 is 40.7 Å². The van der Waals surface area contributed by atoms with Crippen LogP contribution in [0.2, 0.25) is 10.0 Å². The van der Waals surface area contributed by atoms with Gasteiger partial charge in [0.15, 0.2) is 0 Å². The van der Waals surface area contributed by atoms with Crippen LogP contribution in [-0.4, -0.2) is 29.2 Å². The van der Waals surface area contributed by atoms with Crippen LogP contribution in [0.1, 0.15) is 18.4 Å². The Bertz CT molecular complexity index is 783. The van der Waals surface area contributed by atoms with Gasteiger partial charge in [-0.25, -0.2) is 4.98 Å². The first-order valence-electron chi connectivity index (χ1n) is 7.85. The summed E-state index contributed by atoms with van der Waals surface area (Å²) in [6.45, 7) is 0.860. The molecule has 1 aromatic heterocycles. The Kier molecular flexibility index (Phi) is 5.74. The average molecular weight is 407 g/mol. The molecule has 0 saturated carbocycles. The van der Waals surface area contributed by atoms with Crippen molar-refractivity contribution < 1.29 is 17.9 Å². The molecule has 2 aromatic rings. The van der Waals surface area contributed by atoms with E-state index in [1.807, 2.05) is 0 Å². The Morgan fingerprint density at radius 1 is 1.23 bits per heavy atom. The fourth-order valence-corrected chi connectivity index (χ4v) is 2.80. The van der Waals surface area contributed by atoms with Crippen molar-refractivity contribution in [3.63, 3.8) is 0 Å². The Balaban J connectivity index is 1.81. The molecule has 5 nitrogen and oxygen atoms in total. The molecule has 26 heavy (non-hydrogen) atoms. The number of rotatable bonds is 5. The third-order valence-electron chi connectivity index (χ3n) is 3.79. The number of nitrogens with one attached hydrogen (secondary N) is 2. The summed E-state index contributed by atoms with van der Waals surface area (Å²) in [7, 11) is 0. The van der Waals surface area contributed by atoms with Gasteiger partial charge in [0.25, 0.3) is 0 Å². The number of hydrogen-bond donors (Lipinski definition) is 2. The molecule has 2 heterocycles. The van der Waals surface area contributed by atoms with E-state index in [9.17, 15) is 13.2 Å². The summed E-state index contributed by atoms with van der Waals surface area (Å²) in [4.78, 5) is 7.71. The van der Waals surface area contributed by atoms with Gasteiger partial charge in [0.05, 0.1) is 16.1 Å². The molecule has 0 aliphatic carbocycles. The molecule has 0 bridgehead atoms. The molecule has 1 aromatic carbocycles. The first-order chi connectivity index (χ1) is 12.3. The van der Waals surface area contributed by atoms with Gasteiger partial charge in [-0.2, -0.15) is 18.2 Å². The number of nitrogens with zero attached hydrogens (tertiary/aromatic N) is 2. The molecule has 140 valence electrons. The molecule has 2 N–H and O–H groups in total. The molecule has 1 unspecified atom stereocenters. The molecule has 1 aliphatic rings. The Labute approximate surface area is 157 Å². The monoisotopic (exact) mass is 406 g/mol. The molecule has 3 rings (SSSR count). The van der Waals surface area contributed by atoms with E-state index in [1.165, 1.54) is 6.07 Å². The molecule has 0 spiro atoms. The van der Waals surface area contributed by atoms with Gasteiger partial charge in [-0.05, 0) is 31.0 Å². The van der Waals surface area contributed by atoms with Crippen molar-refractivity contribution in [3.05, 3.63) is 40.0 Å². The minimum absolute atomic E-state index is 0.00577. The van der Waals surface area contributed by atoms with Crippen LogP contribution in [0, 0.1) is 0 Å². The Morgan fingerprint density at radius 2 is 2.04 bits per heavy atom. The van der Waals surface area contributed by atoms with Crippen LogP contribution < -0.4 is 10.6 Å². The smallest absolute Gasteiger partial charge is 0.376 e. The number of aromatic nitrogens is 2. The molecule has 1 fully saturated rings. The van der Waals surface area contributed by atoms with E-state index in [2.05, 4.69) is 20.6 Å².